The summed E-state index contributed by atoms with van der Waals surface area (Å²) in [6.07, 6.45) is -0.864. The standard InChI is InChI=1S/C11H15FN2O3/c1-11(2,3)17-10(16)14-8-6(12)4-5-7(13)9(8)15/h4-5,15H,13H2,1-3H3,(H,14,16). The Morgan fingerprint density at radius 3 is 2.59 bits per heavy atom. The zero-order chi connectivity index (χ0) is 13.2. The van der Waals surface area contributed by atoms with Gasteiger partial charge in [-0.1, -0.05) is 0 Å². The number of nitrogen functional groups attached to an aromatic ring is 1. The predicted octanol–water partition coefficient (Wildman–Crippen LogP) is 2.46. The van der Waals surface area contributed by atoms with E-state index in [4.69, 9.17) is 10.5 Å². The Balaban J connectivity index is 2.89. The topological polar surface area (TPSA) is 84.6 Å². The maximum absolute atomic E-state index is 13.3. The van der Waals surface area contributed by atoms with Crippen LogP contribution in [0, 0.1) is 5.82 Å². The highest BCUT2D eigenvalue weighted by Gasteiger charge is 2.19. The van der Waals surface area contributed by atoms with E-state index in [-0.39, 0.29) is 11.4 Å². The summed E-state index contributed by atoms with van der Waals surface area (Å²) < 4.78 is 18.3. The minimum absolute atomic E-state index is 0.0301. The van der Waals surface area contributed by atoms with Crippen molar-refractivity contribution in [2.75, 3.05) is 11.1 Å². The number of ether oxygens (including phenoxy) is 1. The molecule has 1 aromatic rings. The summed E-state index contributed by atoms with van der Waals surface area (Å²) in [6.45, 7) is 5.01. The Kier molecular flexibility index (Phi) is 3.45. The average molecular weight is 242 g/mol. The van der Waals surface area contributed by atoms with Crippen LogP contribution in [0.4, 0.5) is 20.6 Å². The molecule has 94 valence electrons. The zero-order valence-corrected chi connectivity index (χ0v) is 9.87. The predicted molar refractivity (Wildman–Crippen MR) is 62.3 cm³/mol. The second-order valence-corrected chi connectivity index (χ2v) is 4.49. The Bertz CT molecular complexity index is 441. The van der Waals surface area contributed by atoms with Crippen LogP contribution in [0.15, 0.2) is 12.1 Å². The zero-order valence-electron chi connectivity index (χ0n) is 9.87. The number of phenolic OH excluding ortho intramolecular Hbond substituents is 1. The number of nitrogens with one attached hydrogen (secondary N) is 1. The number of aromatic hydroxyl groups is 1. The SMILES string of the molecule is CC(C)(C)OC(=O)Nc1c(F)ccc(N)c1O. The van der Waals surface area contributed by atoms with E-state index < -0.39 is 23.3 Å². The van der Waals surface area contributed by atoms with Crippen LogP contribution in [-0.2, 0) is 4.74 Å². The summed E-state index contributed by atoms with van der Waals surface area (Å²) in [5.41, 5.74) is 4.25. The van der Waals surface area contributed by atoms with Crippen LogP contribution in [0.3, 0.4) is 0 Å². The van der Waals surface area contributed by atoms with Crippen molar-refractivity contribution < 1.29 is 19.0 Å². The molecule has 0 radical (unpaired) electrons. The van der Waals surface area contributed by atoms with Crippen molar-refractivity contribution in [3.8, 4) is 5.75 Å². The van der Waals surface area contributed by atoms with Crippen LogP contribution in [-0.4, -0.2) is 16.8 Å². The molecule has 0 atom stereocenters. The molecule has 1 amide bonds. The normalized spacial score (nSPS) is 11.1. The quantitative estimate of drug-likeness (QED) is 0.521. The van der Waals surface area contributed by atoms with Gasteiger partial charge in [0.15, 0.2) is 11.6 Å². The van der Waals surface area contributed by atoms with E-state index in [2.05, 4.69) is 5.32 Å². The van der Waals surface area contributed by atoms with Gasteiger partial charge in [0.25, 0.3) is 0 Å². The average Bonchev–Trinajstić information content (AvgIpc) is 2.16. The van der Waals surface area contributed by atoms with Crippen molar-refractivity contribution in [3.05, 3.63) is 17.9 Å². The van der Waals surface area contributed by atoms with Gasteiger partial charge in [0, 0.05) is 0 Å². The summed E-state index contributed by atoms with van der Waals surface area (Å²) in [5, 5.41) is 11.6. The molecule has 0 aliphatic carbocycles. The van der Waals surface area contributed by atoms with Crippen molar-refractivity contribution in [3.63, 3.8) is 0 Å². The first-order chi connectivity index (χ1) is 7.70. The van der Waals surface area contributed by atoms with Gasteiger partial charge in [-0.2, -0.15) is 0 Å². The first-order valence-corrected chi connectivity index (χ1v) is 4.97. The summed E-state index contributed by atoms with van der Waals surface area (Å²) in [5.74, 6) is -1.31. The van der Waals surface area contributed by atoms with Crippen LogP contribution in [0.2, 0.25) is 0 Å². The fraction of sp³-hybridized carbons (Fsp3) is 0.364. The molecule has 0 saturated heterocycles. The molecule has 0 aliphatic rings. The maximum atomic E-state index is 13.3. The Hall–Kier alpha value is -1.98. The van der Waals surface area contributed by atoms with E-state index in [1.165, 1.54) is 6.07 Å². The second-order valence-electron chi connectivity index (χ2n) is 4.49. The monoisotopic (exact) mass is 242 g/mol. The number of benzene rings is 1. The van der Waals surface area contributed by atoms with Crippen molar-refractivity contribution in [1.29, 1.82) is 0 Å². The fourth-order valence-corrected chi connectivity index (χ4v) is 1.11. The molecular weight excluding hydrogens is 227 g/mol. The van der Waals surface area contributed by atoms with Gasteiger partial charge in [-0.05, 0) is 32.9 Å². The van der Waals surface area contributed by atoms with Gasteiger partial charge < -0.3 is 15.6 Å². The van der Waals surface area contributed by atoms with Crippen LogP contribution in [0.1, 0.15) is 20.8 Å². The molecule has 17 heavy (non-hydrogen) atoms. The third-order valence-corrected chi connectivity index (χ3v) is 1.78. The lowest BCUT2D eigenvalue weighted by Gasteiger charge is -2.20. The maximum Gasteiger partial charge on any atom is 0.412 e. The first-order valence-electron chi connectivity index (χ1n) is 4.97. The molecule has 1 rings (SSSR count). The van der Waals surface area contributed by atoms with E-state index >= 15 is 0 Å². The van der Waals surface area contributed by atoms with Crippen molar-refractivity contribution in [1.82, 2.24) is 0 Å². The molecule has 1 aromatic carbocycles. The number of halogens is 1. The van der Waals surface area contributed by atoms with E-state index in [1.807, 2.05) is 0 Å². The highest BCUT2D eigenvalue weighted by atomic mass is 19.1. The van der Waals surface area contributed by atoms with Crippen LogP contribution in [0.5, 0.6) is 5.75 Å². The van der Waals surface area contributed by atoms with Crippen molar-refractivity contribution in [2.24, 2.45) is 0 Å². The number of amides is 1. The molecule has 5 nitrogen and oxygen atoms in total. The lowest BCUT2D eigenvalue weighted by atomic mass is 10.2. The van der Waals surface area contributed by atoms with Crippen LogP contribution in [0.25, 0.3) is 0 Å². The second kappa shape index (κ2) is 4.48. The third kappa shape index (κ3) is 3.51. The fourth-order valence-electron chi connectivity index (χ4n) is 1.11. The number of phenols is 1. The largest absolute Gasteiger partial charge is 0.504 e. The van der Waals surface area contributed by atoms with Crippen LogP contribution < -0.4 is 11.1 Å². The molecule has 0 spiro atoms. The smallest absolute Gasteiger partial charge is 0.412 e. The van der Waals surface area contributed by atoms with Gasteiger partial charge in [-0.25, -0.2) is 9.18 Å². The lowest BCUT2D eigenvalue weighted by Crippen LogP contribution is -2.27. The molecule has 0 heterocycles. The minimum atomic E-state index is -0.864. The number of hydrogen-bond acceptors (Lipinski definition) is 4. The Morgan fingerprint density at radius 2 is 2.06 bits per heavy atom. The minimum Gasteiger partial charge on any atom is -0.504 e. The molecule has 0 aliphatic heterocycles. The number of anilines is 2. The summed E-state index contributed by atoms with van der Waals surface area (Å²) >= 11 is 0. The summed E-state index contributed by atoms with van der Waals surface area (Å²) in [7, 11) is 0. The van der Waals surface area contributed by atoms with Gasteiger partial charge in [0.2, 0.25) is 0 Å². The van der Waals surface area contributed by atoms with Crippen molar-refractivity contribution in [2.45, 2.75) is 26.4 Å². The number of carbonyl (C=O) groups is 1. The molecule has 0 aromatic heterocycles. The molecule has 4 N–H and O–H groups in total. The van der Waals surface area contributed by atoms with Gasteiger partial charge in [-0.15, -0.1) is 0 Å². The number of nitrogens with two attached hydrogens (primary N) is 1. The summed E-state index contributed by atoms with van der Waals surface area (Å²) in [6, 6.07) is 2.24. The van der Waals surface area contributed by atoms with E-state index in [1.54, 1.807) is 20.8 Å². The molecule has 0 unspecified atom stereocenters. The van der Waals surface area contributed by atoms with E-state index in [0.29, 0.717) is 0 Å². The van der Waals surface area contributed by atoms with Crippen molar-refractivity contribution >= 4 is 17.5 Å². The Labute approximate surface area is 98.4 Å². The number of hydrogen-bond donors (Lipinski definition) is 3. The molecule has 6 heteroatoms. The highest BCUT2D eigenvalue weighted by molar-refractivity contribution is 5.88. The molecular formula is C11H15FN2O3. The van der Waals surface area contributed by atoms with E-state index in [9.17, 15) is 14.3 Å². The van der Waals surface area contributed by atoms with Crippen LogP contribution >= 0.6 is 0 Å². The first kappa shape index (κ1) is 13.1. The lowest BCUT2D eigenvalue weighted by molar-refractivity contribution is 0.0634. The van der Waals surface area contributed by atoms with Gasteiger partial charge in [0.1, 0.15) is 11.3 Å². The number of carbonyl (C=O) groups excluding carboxylic acids is 1. The summed E-state index contributed by atoms with van der Waals surface area (Å²) in [4.78, 5) is 11.4. The van der Waals surface area contributed by atoms with E-state index in [0.717, 1.165) is 6.07 Å². The van der Waals surface area contributed by atoms with Gasteiger partial charge in [0.05, 0.1) is 5.69 Å². The Morgan fingerprint density at radius 1 is 1.47 bits per heavy atom. The molecule has 0 saturated carbocycles. The van der Waals surface area contributed by atoms with Gasteiger partial charge >= 0.3 is 6.09 Å². The third-order valence-electron chi connectivity index (χ3n) is 1.78. The number of rotatable bonds is 1. The molecule has 0 fully saturated rings. The van der Waals surface area contributed by atoms with Gasteiger partial charge in [-0.3, -0.25) is 5.32 Å². The molecule has 0 bridgehead atoms. The highest BCUT2D eigenvalue weighted by Crippen LogP contribution is 2.32.